The number of aromatic amines is 1. The van der Waals surface area contributed by atoms with Gasteiger partial charge in [0, 0.05) is 12.8 Å². The molecule has 0 aliphatic carbocycles. The Bertz CT molecular complexity index is 853. The van der Waals surface area contributed by atoms with Crippen LogP contribution < -0.4 is 10.9 Å². The van der Waals surface area contributed by atoms with Crippen molar-refractivity contribution in [3.63, 3.8) is 0 Å². The predicted molar refractivity (Wildman–Crippen MR) is 85.9 cm³/mol. The average molecular weight is 311 g/mol. The third kappa shape index (κ3) is 3.85. The quantitative estimate of drug-likeness (QED) is 0.730. The van der Waals surface area contributed by atoms with E-state index in [1.165, 1.54) is 0 Å². The number of nitrogens with one attached hydrogen (secondary N) is 2. The molecule has 2 N–H and O–H groups in total. The van der Waals surface area contributed by atoms with Crippen LogP contribution in [0.1, 0.15) is 24.4 Å². The molecule has 3 rings (SSSR count). The van der Waals surface area contributed by atoms with E-state index >= 15 is 0 Å². The first-order valence-electron chi connectivity index (χ1n) is 7.49. The molecule has 0 saturated carbocycles. The summed E-state index contributed by atoms with van der Waals surface area (Å²) in [6.07, 6.45) is 3.11. The molecule has 3 aromatic rings. The Hall–Kier alpha value is -2.89. The number of nitrogens with zero attached hydrogens (tertiary/aromatic N) is 1. The molecule has 0 spiro atoms. The van der Waals surface area contributed by atoms with E-state index in [9.17, 15) is 9.59 Å². The fourth-order valence-electron chi connectivity index (χ4n) is 2.36. The number of aryl methyl sites for hydroxylation is 1. The number of aromatic nitrogens is 2. The molecule has 0 bridgehead atoms. The minimum absolute atomic E-state index is 0.0514. The Morgan fingerprint density at radius 3 is 2.91 bits per heavy atom. The monoisotopic (exact) mass is 311 g/mol. The highest BCUT2D eigenvalue weighted by Gasteiger charge is 2.06. The molecule has 0 unspecified atom stereocenters. The van der Waals surface area contributed by atoms with E-state index in [4.69, 9.17) is 4.42 Å². The number of fused-ring (bicyclic) bond motifs is 1. The van der Waals surface area contributed by atoms with Crippen molar-refractivity contribution in [1.29, 1.82) is 0 Å². The number of carbonyl (C=O) groups is 1. The number of hydrogen-bond acceptors (Lipinski definition) is 4. The van der Waals surface area contributed by atoms with E-state index in [1.54, 1.807) is 18.4 Å². The SMILES string of the molecule is O=C(CCCc1nc2ccccc2c(=O)[nH]1)NCc1ccco1. The van der Waals surface area contributed by atoms with Crippen molar-refractivity contribution in [1.82, 2.24) is 15.3 Å². The van der Waals surface area contributed by atoms with Crippen LogP contribution in [0.2, 0.25) is 0 Å². The summed E-state index contributed by atoms with van der Waals surface area (Å²) >= 11 is 0. The molecular weight excluding hydrogens is 294 g/mol. The third-order valence-corrected chi connectivity index (χ3v) is 3.52. The second-order valence-electron chi connectivity index (χ2n) is 5.24. The van der Waals surface area contributed by atoms with Crippen molar-refractivity contribution < 1.29 is 9.21 Å². The summed E-state index contributed by atoms with van der Waals surface area (Å²) < 4.78 is 5.15. The summed E-state index contributed by atoms with van der Waals surface area (Å²) in [5.41, 5.74) is 0.529. The number of carbonyl (C=O) groups excluding carboxylic acids is 1. The number of para-hydroxylation sites is 1. The zero-order valence-electron chi connectivity index (χ0n) is 12.5. The van der Waals surface area contributed by atoms with Gasteiger partial charge in [-0.3, -0.25) is 9.59 Å². The molecule has 0 radical (unpaired) electrons. The van der Waals surface area contributed by atoms with Gasteiger partial charge in [-0.2, -0.15) is 0 Å². The topological polar surface area (TPSA) is 88.0 Å². The lowest BCUT2D eigenvalue weighted by Gasteiger charge is -2.04. The number of H-pyrrole nitrogens is 1. The summed E-state index contributed by atoms with van der Waals surface area (Å²) in [5, 5.41) is 3.36. The summed E-state index contributed by atoms with van der Waals surface area (Å²) in [4.78, 5) is 30.9. The maximum Gasteiger partial charge on any atom is 0.258 e. The predicted octanol–water partition coefficient (Wildman–Crippen LogP) is 2.16. The number of rotatable bonds is 6. The van der Waals surface area contributed by atoms with E-state index in [2.05, 4.69) is 15.3 Å². The maximum atomic E-state index is 11.9. The Morgan fingerprint density at radius 1 is 1.22 bits per heavy atom. The van der Waals surface area contributed by atoms with Gasteiger partial charge >= 0.3 is 0 Å². The van der Waals surface area contributed by atoms with Crippen LogP contribution in [-0.2, 0) is 17.8 Å². The number of benzene rings is 1. The van der Waals surface area contributed by atoms with Gasteiger partial charge in [0.25, 0.3) is 5.56 Å². The number of hydrogen-bond donors (Lipinski definition) is 2. The molecule has 6 heteroatoms. The van der Waals surface area contributed by atoms with Gasteiger partial charge in [0.2, 0.25) is 5.91 Å². The third-order valence-electron chi connectivity index (χ3n) is 3.52. The minimum Gasteiger partial charge on any atom is -0.467 e. The second kappa shape index (κ2) is 6.91. The largest absolute Gasteiger partial charge is 0.467 e. The van der Waals surface area contributed by atoms with Gasteiger partial charge in [-0.1, -0.05) is 12.1 Å². The second-order valence-corrected chi connectivity index (χ2v) is 5.24. The number of amides is 1. The van der Waals surface area contributed by atoms with E-state index in [1.807, 2.05) is 24.3 Å². The standard InChI is InChI=1S/C17H17N3O3/c21-16(18-11-12-5-4-10-23-12)9-3-8-15-19-14-7-2-1-6-13(14)17(22)20-15/h1-2,4-7,10H,3,8-9,11H2,(H,18,21)(H,19,20,22). The molecule has 0 saturated heterocycles. The van der Waals surface area contributed by atoms with Crippen LogP contribution in [0.25, 0.3) is 10.9 Å². The Labute approximate surface area is 132 Å². The smallest absolute Gasteiger partial charge is 0.258 e. The van der Waals surface area contributed by atoms with Gasteiger partial charge in [-0.15, -0.1) is 0 Å². The zero-order chi connectivity index (χ0) is 16.1. The van der Waals surface area contributed by atoms with Crippen LogP contribution in [0.5, 0.6) is 0 Å². The fraction of sp³-hybridized carbons (Fsp3) is 0.235. The van der Waals surface area contributed by atoms with Crippen LogP contribution in [0, 0.1) is 0 Å². The molecule has 1 aromatic carbocycles. The average Bonchev–Trinajstić information content (AvgIpc) is 3.06. The molecule has 0 fully saturated rings. The Morgan fingerprint density at radius 2 is 2.09 bits per heavy atom. The molecule has 0 aliphatic rings. The summed E-state index contributed by atoms with van der Waals surface area (Å²) in [6, 6.07) is 10.8. The van der Waals surface area contributed by atoms with E-state index in [0.717, 1.165) is 5.76 Å². The highest BCUT2D eigenvalue weighted by Crippen LogP contribution is 2.07. The summed E-state index contributed by atoms with van der Waals surface area (Å²) in [5.74, 6) is 1.27. The maximum absolute atomic E-state index is 11.9. The van der Waals surface area contributed by atoms with Gasteiger partial charge in [0.1, 0.15) is 11.6 Å². The van der Waals surface area contributed by atoms with Crippen molar-refractivity contribution >= 4 is 16.8 Å². The Kier molecular flexibility index (Phi) is 4.52. The van der Waals surface area contributed by atoms with Crippen LogP contribution >= 0.6 is 0 Å². The van der Waals surface area contributed by atoms with Gasteiger partial charge in [0.15, 0.2) is 0 Å². The Balaban J connectivity index is 1.52. The van der Waals surface area contributed by atoms with Crippen molar-refractivity contribution in [2.75, 3.05) is 0 Å². The highest BCUT2D eigenvalue weighted by molar-refractivity contribution is 5.77. The van der Waals surface area contributed by atoms with Crippen LogP contribution in [0.3, 0.4) is 0 Å². The van der Waals surface area contributed by atoms with E-state index in [0.29, 0.717) is 42.5 Å². The normalized spacial score (nSPS) is 10.8. The van der Waals surface area contributed by atoms with E-state index < -0.39 is 0 Å². The van der Waals surface area contributed by atoms with Gasteiger partial charge in [0.05, 0.1) is 23.7 Å². The molecule has 2 heterocycles. The molecule has 6 nitrogen and oxygen atoms in total. The first-order chi connectivity index (χ1) is 11.2. The van der Waals surface area contributed by atoms with Crippen molar-refractivity contribution in [3.05, 3.63) is 64.6 Å². The molecule has 1 amide bonds. The molecule has 0 atom stereocenters. The zero-order valence-corrected chi connectivity index (χ0v) is 12.5. The van der Waals surface area contributed by atoms with Gasteiger partial charge in [-0.25, -0.2) is 4.98 Å². The molecule has 118 valence electrons. The van der Waals surface area contributed by atoms with Crippen LogP contribution in [-0.4, -0.2) is 15.9 Å². The lowest BCUT2D eigenvalue weighted by Crippen LogP contribution is -2.22. The minimum atomic E-state index is -0.145. The lowest BCUT2D eigenvalue weighted by atomic mass is 10.2. The highest BCUT2D eigenvalue weighted by atomic mass is 16.3. The fourth-order valence-corrected chi connectivity index (χ4v) is 2.36. The van der Waals surface area contributed by atoms with Crippen molar-refractivity contribution in [2.24, 2.45) is 0 Å². The summed E-state index contributed by atoms with van der Waals surface area (Å²) in [7, 11) is 0. The molecular formula is C17H17N3O3. The van der Waals surface area contributed by atoms with Crippen molar-refractivity contribution in [3.8, 4) is 0 Å². The summed E-state index contributed by atoms with van der Waals surface area (Å²) in [6.45, 7) is 0.386. The lowest BCUT2D eigenvalue weighted by molar-refractivity contribution is -0.121. The molecule has 2 aromatic heterocycles. The first-order valence-corrected chi connectivity index (χ1v) is 7.49. The number of furan rings is 1. The van der Waals surface area contributed by atoms with Gasteiger partial charge in [-0.05, 0) is 30.7 Å². The van der Waals surface area contributed by atoms with Crippen LogP contribution in [0.15, 0.2) is 51.9 Å². The van der Waals surface area contributed by atoms with Gasteiger partial charge < -0.3 is 14.7 Å². The first kappa shape index (κ1) is 15.0. The van der Waals surface area contributed by atoms with Crippen molar-refractivity contribution in [2.45, 2.75) is 25.8 Å². The van der Waals surface area contributed by atoms with E-state index in [-0.39, 0.29) is 11.5 Å². The molecule has 0 aliphatic heterocycles. The molecule has 23 heavy (non-hydrogen) atoms. The van der Waals surface area contributed by atoms with Crippen LogP contribution in [0.4, 0.5) is 0 Å².